The van der Waals surface area contributed by atoms with Gasteiger partial charge < -0.3 is 34.7 Å². The first-order chi connectivity index (χ1) is 16.4. The van der Waals surface area contributed by atoms with E-state index in [1.54, 1.807) is 12.1 Å². The summed E-state index contributed by atoms with van der Waals surface area (Å²) in [6, 6.07) is 8.76. The fraction of sp³-hybridized carbons (Fsp3) is 0.333. The summed E-state index contributed by atoms with van der Waals surface area (Å²) < 4.78 is 15.3. The van der Waals surface area contributed by atoms with Gasteiger partial charge in [-0.2, -0.15) is 0 Å². The van der Waals surface area contributed by atoms with Gasteiger partial charge in [-0.05, 0) is 35.7 Å². The average Bonchev–Trinajstić information content (AvgIpc) is 3.25. The van der Waals surface area contributed by atoms with Gasteiger partial charge in [-0.1, -0.05) is 18.2 Å². The van der Waals surface area contributed by atoms with E-state index in [9.17, 15) is 19.8 Å². The lowest BCUT2D eigenvalue weighted by molar-refractivity contribution is -0.146. The average molecular weight is 469 g/mol. The van der Waals surface area contributed by atoms with Crippen LogP contribution in [0.25, 0.3) is 10.9 Å². The number of hydrogen-bond acceptors (Lipinski definition) is 8. The largest absolute Gasteiger partial charge is 0.502 e. The number of amides is 1. The summed E-state index contributed by atoms with van der Waals surface area (Å²) >= 11 is 0. The Hall–Kier alpha value is -3.76. The molecule has 0 aliphatic carbocycles. The number of phenolic OH excluding ortho intramolecular Hbond substituents is 1. The van der Waals surface area contributed by atoms with Crippen molar-refractivity contribution in [2.75, 3.05) is 27.9 Å². The monoisotopic (exact) mass is 469 g/mol. The number of aromatic hydroxyl groups is 1. The maximum absolute atomic E-state index is 13.1. The Bertz CT molecular complexity index is 1200. The number of carbonyl (C=O) groups is 2. The normalized spacial score (nSPS) is 18.1. The van der Waals surface area contributed by atoms with Crippen LogP contribution in [0.15, 0.2) is 36.4 Å². The summed E-state index contributed by atoms with van der Waals surface area (Å²) in [6.45, 7) is -0.584. The molecule has 0 bridgehead atoms. The molecule has 2 aromatic carbocycles. The SMILES string of the molecule is COC(=O)[C@@H](CO)NC(=O)[C@@H]1Cc2c([nH]c3ccccc23)[C@@H](c2cc(OC)c(O)c(OC)c2)N1. The first kappa shape index (κ1) is 23.4. The van der Waals surface area contributed by atoms with Crippen LogP contribution in [0.3, 0.4) is 0 Å². The number of aliphatic hydroxyl groups excluding tert-OH is 1. The first-order valence-corrected chi connectivity index (χ1v) is 10.7. The molecule has 0 spiro atoms. The Morgan fingerprint density at radius 2 is 1.82 bits per heavy atom. The number of methoxy groups -OCH3 is 3. The number of esters is 1. The van der Waals surface area contributed by atoms with Crippen LogP contribution < -0.4 is 20.1 Å². The number of aliphatic hydroxyl groups is 1. The Morgan fingerprint density at radius 3 is 2.44 bits per heavy atom. The van der Waals surface area contributed by atoms with Crippen molar-refractivity contribution in [1.29, 1.82) is 0 Å². The topological polar surface area (TPSA) is 142 Å². The minimum absolute atomic E-state index is 0.125. The highest BCUT2D eigenvalue weighted by Crippen LogP contribution is 2.42. The second kappa shape index (κ2) is 9.62. The molecule has 34 heavy (non-hydrogen) atoms. The standard InChI is InChI=1S/C24H27N3O7/c1-32-18-8-12(9-19(33-2)22(18)29)20-21-14(13-6-4-5-7-15(13)25-21)10-16(26-20)23(30)27-17(11-28)24(31)34-3/h4-9,16-17,20,25-26,28-29H,10-11H2,1-3H3,(H,27,30)/t16-,17+,20+/m0/s1. The number of H-pyrrole nitrogens is 1. The Kier molecular flexibility index (Phi) is 6.62. The van der Waals surface area contributed by atoms with Crippen LogP contribution in [0, 0.1) is 0 Å². The Labute approximate surface area is 195 Å². The van der Waals surface area contributed by atoms with Crippen molar-refractivity contribution in [3.8, 4) is 17.2 Å². The summed E-state index contributed by atoms with van der Waals surface area (Å²) in [6.07, 6.45) is 0.355. The lowest BCUT2D eigenvalue weighted by atomic mass is 9.89. The molecule has 0 saturated carbocycles. The molecule has 10 nitrogen and oxygen atoms in total. The van der Waals surface area contributed by atoms with E-state index >= 15 is 0 Å². The number of phenols is 1. The van der Waals surface area contributed by atoms with Gasteiger partial charge in [0.1, 0.15) is 0 Å². The lowest BCUT2D eigenvalue weighted by Crippen LogP contribution is -2.54. The van der Waals surface area contributed by atoms with Crippen LogP contribution in [0.4, 0.5) is 0 Å². The van der Waals surface area contributed by atoms with Crippen LogP contribution in [-0.4, -0.2) is 67.1 Å². The van der Waals surface area contributed by atoms with E-state index in [1.165, 1.54) is 21.3 Å². The van der Waals surface area contributed by atoms with Crippen LogP contribution in [0.1, 0.15) is 22.9 Å². The molecule has 2 heterocycles. The van der Waals surface area contributed by atoms with Crippen LogP contribution in [0.5, 0.6) is 17.2 Å². The van der Waals surface area contributed by atoms with Crippen LogP contribution in [0.2, 0.25) is 0 Å². The first-order valence-electron chi connectivity index (χ1n) is 10.7. The van der Waals surface area contributed by atoms with Gasteiger partial charge in [0.25, 0.3) is 0 Å². The molecular formula is C24H27N3O7. The second-order valence-electron chi connectivity index (χ2n) is 7.96. The van der Waals surface area contributed by atoms with Crippen molar-refractivity contribution in [1.82, 2.24) is 15.6 Å². The van der Waals surface area contributed by atoms with Crippen molar-refractivity contribution >= 4 is 22.8 Å². The molecule has 3 aromatic rings. The van der Waals surface area contributed by atoms with Crippen molar-refractivity contribution in [3.05, 3.63) is 53.2 Å². The van der Waals surface area contributed by atoms with Gasteiger partial charge in [-0.3, -0.25) is 10.1 Å². The third kappa shape index (κ3) is 4.13. The molecule has 0 saturated heterocycles. The predicted molar refractivity (Wildman–Crippen MR) is 123 cm³/mol. The third-order valence-electron chi connectivity index (χ3n) is 6.05. The minimum atomic E-state index is -1.17. The highest BCUT2D eigenvalue weighted by molar-refractivity contribution is 5.90. The molecule has 1 aliphatic heterocycles. The molecular weight excluding hydrogens is 442 g/mol. The number of rotatable bonds is 7. The number of aromatic amines is 1. The van der Waals surface area contributed by atoms with E-state index in [0.29, 0.717) is 12.0 Å². The molecule has 1 amide bonds. The number of para-hydroxylation sites is 1. The maximum Gasteiger partial charge on any atom is 0.330 e. The number of hydrogen-bond donors (Lipinski definition) is 5. The molecule has 10 heteroatoms. The zero-order valence-corrected chi connectivity index (χ0v) is 19.0. The van der Waals surface area contributed by atoms with Crippen molar-refractivity contribution in [2.24, 2.45) is 0 Å². The van der Waals surface area contributed by atoms with Crippen molar-refractivity contribution in [3.63, 3.8) is 0 Å². The summed E-state index contributed by atoms with van der Waals surface area (Å²) in [5.41, 5.74) is 3.43. The molecule has 0 unspecified atom stereocenters. The van der Waals surface area contributed by atoms with E-state index in [0.717, 1.165) is 22.2 Å². The lowest BCUT2D eigenvalue weighted by Gasteiger charge is -2.32. The molecule has 5 N–H and O–H groups in total. The molecule has 0 fully saturated rings. The van der Waals surface area contributed by atoms with Gasteiger partial charge in [-0.15, -0.1) is 0 Å². The van der Waals surface area contributed by atoms with Crippen molar-refractivity contribution in [2.45, 2.75) is 24.5 Å². The van der Waals surface area contributed by atoms with Gasteiger partial charge in [0.05, 0.1) is 40.0 Å². The highest BCUT2D eigenvalue weighted by Gasteiger charge is 2.36. The minimum Gasteiger partial charge on any atom is -0.502 e. The maximum atomic E-state index is 13.1. The number of carbonyl (C=O) groups excluding carboxylic acids is 2. The number of fused-ring (bicyclic) bond motifs is 3. The molecule has 3 atom stereocenters. The fourth-order valence-electron chi connectivity index (χ4n) is 4.34. The van der Waals surface area contributed by atoms with E-state index in [4.69, 9.17) is 9.47 Å². The number of nitrogens with one attached hydrogen (secondary N) is 3. The van der Waals surface area contributed by atoms with Gasteiger partial charge >= 0.3 is 5.97 Å². The highest BCUT2D eigenvalue weighted by atomic mass is 16.5. The smallest absolute Gasteiger partial charge is 0.330 e. The second-order valence-corrected chi connectivity index (χ2v) is 7.96. The van der Waals surface area contributed by atoms with E-state index in [1.807, 2.05) is 24.3 Å². The fourth-order valence-corrected chi connectivity index (χ4v) is 4.34. The number of ether oxygens (including phenoxy) is 3. The molecule has 1 aliphatic rings. The van der Waals surface area contributed by atoms with Gasteiger partial charge in [-0.25, -0.2) is 4.79 Å². The molecule has 0 radical (unpaired) electrons. The quantitative estimate of drug-likeness (QED) is 0.324. The van der Waals surface area contributed by atoms with Gasteiger partial charge in [0.2, 0.25) is 11.7 Å². The van der Waals surface area contributed by atoms with Crippen LogP contribution in [-0.2, 0) is 20.7 Å². The van der Waals surface area contributed by atoms with E-state index in [2.05, 4.69) is 20.4 Å². The Balaban J connectivity index is 1.78. The summed E-state index contributed by atoms with van der Waals surface area (Å²) in [4.78, 5) is 28.5. The molecule has 4 rings (SSSR count). The number of aromatic nitrogens is 1. The van der Waals surface area contributed by atoms with Crippen LogP contribution >= 0.6 is 0 Å². The van der Waals surface area contributed by atoms with Gasteiger partial charge in [0.15, 0.2) is 17.5 Å². The van der Waals surface area contributed by atoms with E-state index in [-0.39, 0.29) is 17.2 Å². The molecule has 1 aromatic heterocycles. The summed E-state index contributed by atoms with van der Waals surface area (Å²) in [7, 11) is 4.08. The van der Waals surface area contributed by atoms with E-state index < -0.39 is 36.6 Å². The zero-order chi connectivity index (χ0) is 24.4. The zero-order valence-electron chi connectivity index (χ0n) is 19.0. The van der Waals surface area contributed by atoms with Crippen molar-refractivity contribution < 1.29 is 34.0 Å². The molecule has 180 valence electrons. The number of benzene rings is 2. The third-order valence-corrected chi connectivity index (χ3v) is 6.05. The summed E-state index contributed by atoms with van der Waals surface area (Å²) in [5, 5.41) is 26.7. The van der Waals surface area contributed by atoms with Gasteiger partial charge in [0, 0.05) is 16.6 Å². The summed E-state index contributed by atoms with van der Waals surface area (Å²) in [5.74, 6) is -0.857. The predicted octanol–water partition coefficient (Wildman–Crippen LogP) is 1.14. The Morgan fingerprint density at radius 1 is 1.15 bits per heavy atom.